The Morgan fingerprint density at radius 1 is 0.727 bits per heavy atom. The molecule has 0 aromatic heterocycles. The molecule has 2 heteroatoms. The van der Waals surface area contributed by atoms with Gasteiger partial charge in [0.05, 0.1) is 0 Å². The average molecular weight is 312 g/mol. The van der Waals surface area contributed by atoms with Crippen LogP contribution >= 0.6 is 0 Å². The van der Waals surface area contributed by atoms with Gasteiger partial charge in [0.25, 0.3) is 0 Å². The molecule has 4 rings (SSSR count). The van der Waals surface area contributed by atoms with Crippen molar-refractivity contribution >= 4 is 51.2 Å². The van der Waals surface area contributed by atoms with Crippen molar-refractivity contribution in [1.82, 2.24) is 0 Å². The van der Waals surface area contributed by atoms with Crippen molar-refractivity contribution in [3.05, 3.63) is 81.9 Å². The first-order chi connectivity index (χ1) is 10.2. The summed E-state index contributed by atoms with van der Waals surface area (Å²) < 4.78 is 0. The Morgan fingerprint density at radius 3 is 1.64 bits per heavy atom. The van der Waals surface area contributed by atoms with Gasteiger partial charge in [0.1, 0.15) is 0 Å². The van der Waals surface area contributed by atoms with Crippen LogP contribution in [0.15, 0.2) is 48.6 Å². The summed E-state index contributed by atoms with van der Waals surface area (Å²) in [7, 11) is -0.251. The quantitative estimate of drug-likeness (QED) is 0.743. The fraction of sp³-hybridized carbons (Fsp3) is 0.200. The Kier molecular flexibility index (Phi) is 4.61. The van der Waals surface area contributed by atoms with Crippen LogP contribution in [0.4, 0.5) is 0 Å². The van der Waals surface area contributed by atoms with Gasteiger partial charge in [0, 0.05) is 9.52 Å². The van der Waals surface area contributed by atoms with E-state index in [2.05, 4.69) is 74.5 Å². The summed E-state index contributed by atoms with van der Waals surface area (Å²) in [6.45, 7) is 4.36. The van der Waals surface area contributed by atoms with E-state index >= 15 is 0 Å². The van der Waals surface area contributed by atoms with Crippen molar-refractivity contribution in [3.8, 4) is 0 Å². The van der Waals surface area contributed by atoms with Gasteiger partial charge in [0.15, 0.2) is 0 Å². The van der Waals surface area contributed by atoms with Gasteiger partial charge in [-0.15, -0.1) is 0 Å². The molecule has 22 heavy (non-hydrogen) atoms. The van der Waals surface area contributed by atoms with E-state index in [4.69, 9.17) is 0 Å². The molecule has 2 aromatic rings. The predicted octanol–water partition coefficient (Wildman–Crippen LogP) is 3.66. The van der Waals surface area contributed by atoms with Gasteiger partial charge in [-0.1, -0.05) is 71.8 Å². The number of aryl methyl sites for hydroxylation is 2. The molecule has 2 unspecified atom stereocenters. The second-order valence-corrected chi connectivity index (χ2v) is 8.66. The third kappa shape index (κ3) is 2.83. The van der Waals surface area contributed by atoms with E-state index in [1.165, 1.54) is 22.3 Å². The van der Waals surface area contributed by atoms with Crippen LogP contribution in [0.1, 0.15) is 44.5 Å². The van der Waals surface area contributed by atoms with Crippen LogP contribution in [0, 0.1) is 13.8 Å². The minimum absolute atomic E-state index is 0. The molecule has 0 saturated carbocycles. The first-order valence-corrected chi connectivity index (χ1v) is 9.41. The van der Waals surface area contributed by atoms with E-state index in [-0.39, 0.29) is 39.1 Å². The number of rotatable bonds is 2. The van der Waals surface area contributed by atoms with E-state index < -0.39 is 0 Å². The number of hydrogen-bond acceptors (Lipinski definition) is 0. The third-order valence-corrected chi connectivity index (χ3v) is 7.25. The zero-order valence-electron chi connectivity index (χ0n) is 12.6. The molecule has 0 amide bonds. The second kappa shape index (κ2) is 6.33. The number of hydrogen-bond donors (Lipinski definition) is 0. The standard InChI is InChI=1S/C20H20Si.Na.H/c1-13-3-7-17-15(11-13)5-9-19(17)21-20-10-6-16-12-14(2)4-8-18(16)20;;/h3-12,19-20H,21H2,1-2H3;;. The first kappa shape index (κ1) is 16.0. The van der Waals surface area contributed by atoms with E-state index in [0.29, 0.717) is 11.1 Å². The second-order valence-electron chi connectivity index (χ2n) is 6.43. The molecule has 0 heterocycles. The molecular weight excluding hydrogens is 291 g/mol. The Balaban J connectivity index is 0.00000144. The Hall–Kier alpha value is -0.863. The first-order valence-electron chi connectivity index (χ1n) is 7.78. The molecule has 0 N–H and O–H groups in total. The average Bonchev–Trinajstić information content (AvgIpc) is 3.03. The molecule has 0 bridgehead atoms. The molecule has 0 aliphatic heterocycles. The van der Waals surface area contributed by atoms with Crippen LogP contribution in [0.3, 0.4) is 0 Å². The van der Waals surface area contributed by atoms with Crippen molar-refractivity contribution in [3.63, 3.8) is 0 Å². The zero-order chi connectivity index (χ0) is 14.4. The maximum absolute atomic E-state index is 2.44. The van der Waals surface area contributed by atoms with Gasteiger partial charge in [-0.25, -0.2) is 0 Å². The van der Waals surface area contributed by atoms with Gasteiger partial charge in [-0.3, -0.25) is 0 Å². The van der Waals surface area contributed by atoms with Crippen molar-refractivity contribution in [2.45, 2.75) is 24.9 Å². The fourth-order valence-corrected chi connectivity index (χ4v) is 6.07. The van der Waals surface area contributed by atoms with E-state index in [1.54, 1.807) is 11.1 Å². The molecule has 0 fully saturated rings. The Morgan fingerprint density at radius 2 is 1.18 bits per heavy atom. The molecule has 0 nitrogen and oxygen atoms in total. The van der Waals surface area contributed by atoms with Gasteiger partial charge < -0.3 is 0 Å². The monoisotopic (exact) mass is 312 g/mol. The van der Waals surface area contributed by atoms with Gasteiger partial charge in [0.2, 0.25) is 0 Å². The van der Waals surface area contributed by atoms with Gasteiger partial charge >= 0.3 is 29.6 Å². The van der Waals surface area contributed by atoms with E-state index in [1.807, 2.05) is 0 Å². The molecule has 0 saturated heterocycles. The predicted molar refractivity (Wildman–Crippen MR) is 102 cm³/mol. The van der Waals surface area contributed by atoms with Crippen molar-refractivity contribution in [1.29, 1.82) is 0 Å². The normalized spacial score (nSPS) is 21.2. The number of benzene rings is 2. The summed E-state index contributed by atoms with van der Waals surface area (Å²) in [5, 5.41) is 0. The molecule has 0 spiro atoms. The fourth-order valence-electron chi connectivity index (χ4n) is 3.68. The Bertz CT molecular complexity index is 708. The Labute approximate surface area is 157 Å². The van der Waals surface area contributed by atoms with Gasteiger partial charge in [-0.2, -0.15) is 0 Å². The summed E-state index contributed by atoms with van der Waals surface area (Å²) in [5.41, 5.74) is 10.1. The molecule has 2 aliphatic rings. The molecule has 0 radical (unpaired) electrons. The molecule has 2 aromatic carbocycles. The molecular formula is C20H21NaSi. The van der Waals surface area contributed by atoms with Crippen LogP contribution in [-0.2, 0) is 0 Å². The van der Waals surface area contributed by atoms with Crippen molar-refractivity contribution in [2.24, 2.45) is 0 Å². The van der Waals surface area contributed by atoms with Crippen LogP contribution in [-0.4, -0.2) is 39.1 Å². The van der Waals surface area contributed by atoms with Crippen molar-refractivity contribution < 1.29 is 0 Å². The van der Waals surface area contributed by atoms with E-state index in [0.717, 1.165) is 0 Å². The van der Waals surface area contributed by atoms with Crippen LogP contribution in [0.2, 0.25) is 0 Å². The maximum atomic E-state index is 2.44. The zero-order valence-corrected chi connectivity index (χ0v) is 14.0. The molecule has 2 atom stereocenters. The molecule has 106 valence electrons. The SMILES string of the molecule is Cc1ccc2c(c1)C=CC2[SiH2]C1C=Cc2cc(C)ccc21.[NaH]. The summed E-state index contributed by atoms with van der Waals surface area (Å²) in [6.07, 6.45) is 9.54. The van der Waals surface area contributed by atoms with Crippen LogP contribution in [0.5, 0.6) is 0 Å². The third-order valence-electron chi connectivity index (χ3n) is 4.81. The number of allylic oxidation sites excluding steroid dienone is 2. The molecule has 2 aliphatic carbocycles. The van der Waals surface area contributed by atoms with E-state index in [9.17, 15) is 0 Å². The summed E-state index contributed by atoms with van der Waals surface area (Å²) in [6, 6.07) is 13.8. The topological polar surface area (TPSA) is 0 Å². The van der Waals surface area contributed by atoms with Crippen LogP contribution in [0.25, 0.3) is 12.2 Å². The number of fused-ring (bicyclic) bond motifs is 2. The van der Waals surface area contributed by atoms with Crippen LogP contribution < -0.4 is 0 Å². The summed E-state index contributed by atoms with van der Waals surface area (Å²) in [5.74, 6) is 0. The summed E-state index contributed by atoms with van der Waals surface area (Å²) in [4.78, 5) is 0. The van der Waals surface area contributed by atoms with Gasteiger partial charge in [-0.05, 0) is 47.2 Å². The summed E-state index contributed by atoms with van der Waals surface area (Å²) >= 11 is 0. The van der Waals surface area contributed by atoms with Crippen molar-refractivity contribution in [2.75, 3.05) is 0 Å². The minimum atomic E-state index is -0.251.